The number of amides is 1. The minimum absolute atomic E-state index is 0.00301. The molecule has 0 aromatic heterocycles. The number of benzene rings is 1. The number of ketones is 1. The largest absolute Gasteiger partial charge is 0.456 e. The van der Waals surface area contributed by atoms with Gasteiger partial charge in [0.05, 0.1) is 6.42 Å². The third-order valence-electron chi connectivity index (χ3n) is 6.05. The number of aryl methyl sites for hydroxylation is 2. The average Bonchev–Trinajstić information content (AvgIpc) is 2.71. The van der Waals surface area contributed by atoms with Crippen LogP contribution in [0, 0.1) is 5.92 Å². The van der Waals surface area contributed by atoms with E-state index >= 15 is 0 Å². The Labute approximate surface area is 167 Å². The van der Waals surface area contributed by atoms with Gasteiger partial charge in [-0.1, -0.05) is 31.9 Å². The van der Waals surface area contributed by atoms with Crippen LogP contribution in [0.1, 0.15) is 79.8 Å². The summed E-state index contributed by atoms with van der Waals surface area (Å²) < 4.78 is 5.05. The Morgan fingerprint density at radius 3 is 2.54 bits per heavy atom. The molecule has 2 aliphatic rings. The molecule has 0 spiro atoms. The SMILES string of the molecule is C[C@H]1CCCC[C@@H]1NC(=O)COC(=O)CCC(=O)c1ccc2c(c1)CCCC2. The summed E-state index contributed by atoms with van der Waals surface area (Å²) in [5.74, 6) is -0.347. The quantitative estimate of drug-likeness (QED) is 0.573. The van der Waals surface area contributed by atoms with Crippen LogP contribution in [0.5, 0.6) is 0 Å². The second-order valence-electron chi connectivity index (χ2n) is 8.21. The van der Waals surface area contributed by atoms with Crippen molar-refractivity contribution in [3.63, 3.8) is 0 Å². The zero-order valence-corrected chi connectivity index (χ0v) is 16.8. The predicted molar refractivity (Wildman–Crippen MR) is 107 cm³/mol. The Morgan fingerprint density at radius 2 is 1.75 bits per heavy atom. The highest BCUT2D eigenvalue weighted by molar-refractivity contribution is 5.97. The van der Waals surface area contributed by atoms with Crippen molar-refractivity contribution < 1.29 is 19.1 Å². The molecule has 0 heterocycles. The van der Waals surface area contributed by atoms with Gasteiger partial charge in [0.15, 0.2) is 12.4 Å². The van der Waals surface area contributed by atoms with Crippen LogP contribution in [0.25, 0.3) is 0 Å². The van der Waals surface area contributed by atoms with Crippen LogP contribution >= 0.6 is 0 Å². The average molecular weight is 386 g/mol. The van der Waals surface area contributed by atoms with Gasteiger partial charge >= 0.3 is 5.97 Å². The first-order chi connectivity index (χ1) is 13.5. The molecule has 152 valence electrons. The summed E-state index contributed by atoms with van der Waals surface area (Å²) >= 11 is 0. The van der Waals surface area contributed by atoms with Crippen molar-refractivity contribution in [2.75, 3.05) is 6.61 Å². The maximum absolute atomic E-state index is 12.4. The number of hydrogen-bond donors (Lipinski definition) is 1. The maximum Gasteiger partial charge on any atom is 0.306 e. The van der Waals surface area contributed by atoms with E-state index in [1.54, 1.807) is 0 Å². The molecule has 1 amide bonds. The van der Waals surface area contributed by atoms with Crippen molar-refractivity contribution in [1.82, 2.24) is 5.32 Å². The Morgan fingerprint density at radius 1 is 1.00 bits per heavy atom. The van der Waals surface area contributed by atoms with Gasteiger partial charge in [0.1, 0.15) is 0 Å². The van der Waals surface area contributed by atoms with Crippen molar-refractivity contribution in [1.29, 1.82) is 0 Å². The maximum atomic E-state index is 12.4. The molecule has 0 aliphatic heterocycles. The third kappa shape index (κ3) is 5.66. The fraction of sp³-hybridized carbons (Fsp3) is 0.609. The van der Waals surface area contributed by atoms with Crippen molar-refractivity contribution in [3.05, 3.63) is 34.9 Å². The fourth-order valence-electron chi connectivity index (χ4n) is 4.26. The summed E-state index contributed by atoms with van der Waals surface area (Å²) in [5.41, 5.74) is 3.26. The van der Waals surface area contributed by atoms with E-state index in [1.165, 1.54) is 30.4 Å². The first-order valence-electron chi connectivity index (χ1n) is 10.6. The lowest BCUT2D eigenvalue weighted by Gasteiger charge is -2.29. The van der Waals surface area contributed by atoms with Crippen LogP contribution in [-0.2, 0) is 27.2 Å². The molecule has 1 aromatic rings. The summed E-state index contributed by atoms with van der Waals surface area (Å²) in [6.07, 6.45) is 9.03. The molecule has 2 atom stereocenters. The lowest BCUT2D eigenvalue weighted by atomic mass is 9.86. The lowest BCUT2D eigenvalue weighted by molar-refractivity contribution is -0.148. The fourth-order valence-corrected chi connectivity index (χ4v) is 4.26. The normalized spacial score (nSPS) is 21.5. The number of Topliss-reactive ketones (excluding diaryl/α,β-unsaturated/α-hetero) is 1. The molecule has 1 fully saturated rings. The highest BCUT2D eigenvalue weighted by Gasteiger charge is 2.23. The summed E-state index contributed by atoms with van der Waals surface area (Å²) in [5, 5.41) is 2.96. The number of carbonyl (C=O) groups excluding carboxylic acids is 3. The molecule has 1 aromatic carbocycles. The van der Waals surface area contributed by atoms with Gasteiger partial charge in [-0.3, -0.25) is 14.4 Å². The highest BCUT2D eigenvalue weighted by atomic mass is 16.5. The van der Waals surface area contributed by atoms with E-state index < -0.39 is 5.97 Å². The van der Waals surface area contributed by atoms with Gasteiger partial charge in [-0.15, -0.1) is 0 Å². The van der Waals surface area contributed by atoms with E-state index in [9.17, 15) is 14.4 Å². The van der Waals surface area contributed by atoms with Gasteiger partial charge in [-0.25, -0.2) is 0 Å². The third-order valence-corrected chi connectivity index (χ3v) is 6.05. The molecule has 1 N–H and O–H groups in total. The van der Waals surface area contributed by atoms with Crippen LogP contribution in [0.3, 0.4) is 0 Å². The van der Waals surface area contributed by atoms with Crippen LogP contribution in [0.15, 0.2) is 18.2 Å². The summed E-state index contributed by atoms with van der Waals surface area (Å²) in [6.45, 7) is 1.87. The number of esters is 1. The van der Waals surface area contributed by atoms with E-state index in [-0.39, 0.29) is 37.2 Å². The smallest absolute Gasteiger partial charge is 0.306 e. The predicted octanol–water partition coefficient (Wildman–Crippen LogP) is 3.77. The lowest BCUT2D eigenvalue weighted by Crippen LogP contribution is -2.42. The molecule has 3 rings (SSSR count). The summed E-state index contributed by atoms with van der Waals surface area (Å²) in [6, 6.07) is 6.04. The molecule has 5 heteroatoms. The highest BCUT2D eigenvalue weighted by Crippen LogP contribution is 2.24. The number of nitrogens with one attached hydrogen (secondary N) is 1. The van der Waals surface area contributed by atoms with E-state index in [2.05, 4.69) is 12.2 Å². The molecule has 0 unspecified atom stereocenters. The second-order valence-corrected chi connectivity index (χ2v) is 8.21. The number of rotatable bonds is 7. The number of hydrogen-bond acceptors (Lipinski definition) is 4. The molecule has 0 bridgehead atoms. The molecular weight excluding hydrogens is 354 g/mol. The van der Waals surface area contributed by atoms with Gasteiger partial charge in [0.25, 0.3) is 5.91 Å². The van der Waals surface area contributed by atoms with Crippen LogP contribution in [0.4, 0.5) is 0 Å². The Kier molecular flexibility index (Phi) is 7.24. The minimum atomic E-state index is -0.502. The van der Waals surface area contributed by atoms with Crippen LogP contribution in [-0.4, -0.2) is 30.3 Å². The molecule has 28 heavy (non-hydrogen) atoms. The first kappa shape index (κ1) is 20.6. The van der Waals surface area contributed by atoms with E-state index in [1.807, 2.05) is 18.2 Å². The van der Waals surface area contributed by atoms with E-state index in [4.69, 9.17) is 4.74 Å². The van der Waals surface area contributed by atoms with Crippen LogP contribution in [0.2, 0.25) is 0 Å². The van der Waals surface area contributed by atoms with Crippen LogP contribution < -0.4 is 5.32 Å². The van der Waals surface area contributed by atoms with Gasteiger partial charge in [0, 0.05) is 18.0 Å². The van der Waals surface area contributed by atoms with Crippen molar-refractivity contribution in [2.24, 2.45) is 5.92 Å². The molecule has 5 nitrogen and oxygen atoms in total. The van der Waals surface area contributed by atoms with Crippen molar-refractivity contribution >= 4 is 17.7 Å². The van der Waals surface area contributed by atoms with Gasteiger partial charge in [-0.2, -0.15) is 0 Å². The van der Waals surface area contributed by atoms with E-state index in [0.717, 1.165) is 32.1 Å². The molecule has 1 saturated carbocycles. The second kappa shape index (κ2) is 9.85. The number of fused-ring (bicyclic) bond motifs is 1. The summed E-state index contributed by atoms with van der Waals surface area (Å²) in [4.78, 5) is 36.3. The molecule has 0 saturated heterocycles. The van der Waals surface area contributed by atoms with Gasteiger partial charge in [0.2, 0.25) is 0 Å². The Bertz CT molecular complexity index is 727. The monoisotopic (exact) mass is 385 g/mol. The van der Waals surface area contributed by atoms with Gasteiger partial charge in [-0.05, 0) is 61.6 Å². The number of ether oxygens (including phenoxy) is 1. The molecule has 0 radical (unpaired) electrons. The van der Waals surface area contributed by atoms with Crippen molar-refractivity contribution in [2.45, 2.75) is 77.2 Å². The summed E-state index contributed by atoms with van der Waals surface area (Å²) in [7, 11) is 0. The Hall–Kier alpha value is -2.17. The number of carbonyl (C=O) groups is 3. The molecule has 2 aliphatic carbocycles. The zero-order valence-electron chi connectivity index (χ0n) is 16.8. The van der Waals surface area contributed by atoms with Gasteiger partial charge < -0.3 is 10.1 Å². The zero-order chi connectivity index (χ0) is 19.9. The first-order valence-corrected chi connectivity index (χ1v) is 10.6. The minimum Gasteiger partial charge on any atom is -0.456 e. The topological polar surface area (TPSA) is 72.5 Å². The Balaban J connectivity index is 1.39. The van der Waals surface area contributed by atoms with E-state index in [0.29, 0.717) is 11.5 Å². The standard InChI is InChI=1S/C23H31NO4/c1-16-6-2-5-9-20(16)24-22(26)15-28-23(27)13-12-21(25)19-11-10-17-7-3-4-8-18(17)14-19/h10-11,14,16,20H,2-9,12-13,15H2,1H3,(H,24,26)/t16-,20-/m0/s1. The molecular formula is C23H31NO4. The van der Waals surface area contributed by atoms with Crippen molar-refractivity contribution in [3.8, 4) is 0 Å².